The largest absolute Gasteiger partial charge is 0.383 e. The van der Waals surface area contributed by atoms with Crippen molar-refractivity contribution in [1.82, 2.24) is 4.31 Å². The molecule has 0 radical (unpaired) electrons. The van der Waals surface area contributed by atoms with E-state index < -0.39 is 10.0 Å². The van der Waals surface area contributed by atoms with Crippen LogP contribution in [0.4, 0.5) is 0 Å². The van der Waals surface area contributed by atoms with E-state index in [-0.39, 0.29) is 17.3 Å². The number of thiophene rings is 1. The van der Waals surface area contributed by atoms with Gasteiger partial charge in [-0.1, -0.05) is 17.7 Å². The van der Waals surface area contributed by atoms with Gasteiger partial charge >= 0.3 is 0 Å². The Hall–Kier alpha value is 0.0800. The molecule has 0 unspecified atom stereocenters. The zero-order chi connectivity index (χ0) is 13.8. The van der Waals surface area contributed by atoms with Crippen molar-refractivity contribution in [1.29, 1.82) is 0 Å². The number of hydrogen-bond donors (Lipinski definition) is 0. The van der Waals surface area contributed by atoms with E-state index in [9.17, 15) is 8.42 Å². The predicted octanol–water partition coefficient (Wildman–Crippen LogP) is 2.99. The van der Waals surface area contributed by atoms with Crippen LogP contribution in [0.5, 0.6) is 0 Å². The first kappa shape index (κ1) is 16.1. The Labute approximate surface area is 124 Å². The summed E-state index contributed by atoms with van der Waals surface area (Å²) in [5, 5.41) is 0.392. The summed E-state index contributed by atoms with van der Waals surface area (Å²) in [6.45, 7) is 4.40. The maximum Gasteiger partial charge on any atom is 0.253 e. The maximum atomic E-state index is 12.3. The minimum absolute atomic E-state index is 0.206. The Morgan fingerprint density at radius 3 is 2.78 bits per heavy atom. The Bertz CT molecular complexity index is 496. The summed E-state index contributed by atoms with van der Waals surface area (Å²) in [6.07, 6.45) is 1.54. The van der Waals surface area contributed by atoms with Crippen LogP contribution < -0.4 is 0 Å². The van der Waals surface area contributed by atoms with Gasteiger partial charge in [-0.2, -0.15) is 4.31 Å². The number of ether oxygens (including phenoxy) is 1. The molecule has 0 amide bonds. The van der Waals surface area contributed by atoms with E-state index in [0.29, 0.717) is 15.4 Å². The molecule has 4 nitrogen and oxygen atoms in total. The van der Waals surface area contributed by atoms with Crippen molar-refractivity contribution in [3.63, 3.8) is 0 Å². The first-order valence-corrected chi connectivity index (χ1v) is 8.41. The van der Waals surface area contributed by atoms with E-state index in [1.165, 1.54) is 23.6 Å². The summed E-state index contributed by atoms with van der Waals surface area (Å²) in [7, 11) is -2.03. The van der Waals surface area contributed by atoms with Gasteiger partial charge in [0, 0.05) is 20.2 Å². The average molecular weight is 375 g/mol. The molecule has 0 saturated carbocycles. The molecule has 102 valence electrons. The second kappa shape index (κ2) is 7.02. The summed E-state index contributed by atoms with van der Waals surface area (Å²) in [4.78, 5) is 0. The van der Waals surface area contributed by atoms with Gasteiger partial charge in [0.2, 0.25) is 0 Å². The molecule has 0 aromatic carbocycles. The van der Waals surface area contributed by atoms with Crippen molar-refractivity contribution in [3.05, 3.63) is 27.5 Å². The van der Waals surface area contributed by atoms with Crippen molar-refractivity contribution >= 4 is 48.9 Å². The molecule has 0 N–H and O–H groups in total. The highest BCUT2D eigenvalue weighted by atomic mass is 79.9. The van der Waals surface area contributed by atoms with Gasteiger partial charge in [-0.25, -0.2) is 8.42 Å². The highest BCUT2D eigenvalue weighted by molar-refractivity contribution is 9.11. The van der Waals surface area contributed by atoms with Crippen LogP contribution in [-0.2, 0) is 14.8 Å². The lowest BCUT2D eigenvalue weighted by Gasteiger charge is -2.19. The fourth-order valence-electron chi connectivity index (χ4n) is 1.23. The first-order valence-electron chi connectivity index (χ1n) is 4.98. The molecule has 1 rings (SSSR count). The Morgan fingerprint density at radius 1 is 1.67 bits per heavy atom. The summed E-state index contributed by atoms with van der Waals surface area (Å²) >= 11 is 10.2. The summed E-state index contributed by atoms with van der Waals surface area (Å²) in [6, 6.07) is 1.44. The van der Waals surface area contributed by atoms with E-state index in [1.807, 2.05) is 0 Å². The standard InChI is InChI=1S/C10H13BrClNO3S2/c1-3-4-13(5-6-16-2)18(14,15)9-7-8(12)10(11)17-9/h3,7H,1,4-6H2,2H3. The molecule has 0 aliphatic rings. The summed E-state index contributed by atoms with van der Waals surface area (Å²) in [5.74, 6) is 0. The van der Waals surface area contributed by atoms with Crippen LogP contribution in [0.3, 0.4) is 0 Å². The Kier molecular flexibility index (Phi) is 6.29. The third kappa shape index (κ3) is 3.79. The molecule has 0 spiro atoms. The summed E-state index contributed by atoms with van der Waals surface area (Å²) < 4.78 is 31.7. The van der Waals surface area contributed by atoms with E-state index in [1.54, 1.807) is 0 Å². The number of rotatable bonds is 7. The quantitative estimate of drug-likeness (QED) is 0.689. The number of nitrogens with zero attached hydrogens (tertiary/aromatic N) is 1. The lowest BCUT2D eigenvalue weighted by molar-refractivity contribution is 0.182. The normalized spacial score (nSPS) is 12.0. The first-order chi connectivity index (χ1) is 8.43. The molecule has 8 heteroatoms. The SMILES string of the molecule is C=CCN(CCOC)S(=O)(=O)c1cc(Cl)c(Br)s1. The fraction of sp³-hybridized carbons (Fsp3) is 0.400. The van der Waals surface area contributed by atoms with Gasteiger partial charge in [0.15, 0.2) is 0 Å². The molecule has 0 fully saturated rings. The maximum absolute atomic E-state index is 12.3. The van der Waals surface area contributed by atoms with Gasteiger partial charge in [0.1, 0.15) is 4.21 Å². The van der Waals surface area contributed by atoms with Gasteiger partial charge in [0.05, 0.1) is 15.4 Å². The van der Waals surface area contributed by atoms with Crippen molar-refractivity contribution in [2.24, 2.45) is 0 Å². The topological polar surface area (TPSA) is 46.6 Å². The Balaban J connectivity index is 3.04. The van der Waals surface area contributed by atoms with Crippen molar-refractivity contribution in [2.75, 3.05) is 26.8 Å². The second-order valence-electron chi connectivity index (χ2n) is 3.33. The van der Waals surface area contributed by atoms with Crippen LogP contribution in [0, 0.1) is 0 Å². The fourth-order valence-corrected chi connectivity index (χ4v) is 5.18. The highest BCUT2D eigenvalue weighted by Crippen LogP contribution is 2.35. The lowest BCUT2D eigenvalue weighted by Crippen LogP contribution is -2.33. The van der Waals surface area contributed by atoms with E-state index in [4.69, 9.17) is 16.3 Å². The van der Waals surface area contributed by atoms with Crippen molar-refractivity contribution in [3.8, 4) is 0 Å². The van der Waals surface area contributed by atoms with Crippen LogP contribution in [0.2, 0.25) is 5.02 Å². The van der Waals surface area contributed by atoms with Crippen LogP contribution in [0.25, 0.3) is 0 Å². The van der Waals surface area contributed by atoms with Gasteiger partial charge in [-0.05, 0) is 22.0 Å². The van der Waals surface area contributed by atoms with Gasteiger partial charge < -0.3 is 4.74 Å². The van der Waals surface area contributed by atoms with Gasteiger partial charge in [-0.15, -0.1) is 17.9 Å². The third-order valence-electron chi connectivity index (χ3n) is 2.09. The minimum Gasteiger partial charge on any atom is -0.383 e. The zero-order valence-corrected chi connectivity index (χ0v) is 13.7. The molecule has 0 saturated heterocycles. The van der Waals surface area contributed by atoms with Crippen LogP contribution in [0.15, 0.2) is 26.7 Å². The van der Waals surface area contributed by atoms with Crippen LogP contribution in [0.1, 0.15) is 0 Å². The highest BCUT2D eigenvalue weighted by Gasteiger charge is 2.26. The third-order valence-corrected chi connectivity index (χ3v) is 6.88. The number of sulfonamides is 1. The molecule has 0 bridgehead atoms. The molecule has 1 aromatic heterocycles. The van der Waals surface area contributed by atoms with Gasteiger partial charge in [0.25, 0.3) is 10.0 Å². The molecular formula is C10H13BrClNO3S2. The number of halogens is 2. The molecule has 0 atom stereocenters. The van der Waals surface area contributed by atoms with Crippen molar-refractivity contribution < 1.29 is 13.2 Å². The van der Waals surface area contributed by atoms with E-state index in [2.05, 4.69) is 22.5 Å². The second-order valence-corrected chi connectivity index (χ2v) is 8.27. The van der Waals surface area contributed by atoms with Crippen LogP contribution in [-0.4, -0.2) is 39.5 Å². The summed E-state index contributed by atoms with van der Waals surface area (Å²) in [5.41, 5.74) is 0. The molecule has 18 heavy (non-hydrogen) atoms. The average Bonchev–Trinajstić information content (AvgIpc) is 2.65. The molecule has 1 heterocycles. The van der Waals surface area contributed by atoms with Gasteiger partial charge in [-0.3, -0.25) is 0 Å². The zero-order valence-electron chi connectivity index (χ0n) is 9.73. The lowest BCUT2D eigenvalue weighted by atomic mass is 10.6. The van der Waals surface area contributed by atoms with E-state index in [0.717, 1.165) is 11.3 Å². The van der Waals surface area contributed by atoms with Crippen molar-refractivity contribution in [2.45, 2.75) is 4.21 Å². The minimum atomic E-state index is -3.55. The monoisotopic (exact) mass is 373 g/mol. The smallest absolute Gasteiger partial charge is 0.253 e. The number of hydrogen-bond acceptors (Lipinski definition) is 4. The van der Waals surface area contributed by atoms with Crippen LogP contribution >= 0.6 is 38.9 Å². The Morgan fingerprint density at radius 2 is 2.33 bits per heavy atom. The molecule has 1 aromatic rings. The number of methoxy groups -OCH3 is 1. The molecule has 0 aliphatic heterocycles. The molecular weight excluding hydrogens is 362 g/mol. The molecule has 0 aliphatic carbocycles. The predicted molar refractivity (Wildman–Crippen MR) is 77.9 cm³/mol. The van der Waals surface area contributed by atoms with E-state index >= 15 is 0 Å².